The van der Waals surface area contributed by atoms with Crippen LogP contribution in [0.15, 0.2) is 24.5 Å². The molecule has 6 nitrogen and oxygen atoms in total. The molecule has 0 bridgehead atoms. The van der Waals surface area contributed by atoms with E-state index in [1.807, 2.05) is 25.1 Å². The van der Waals surface area contributed by atoms with Crippen molar-refractivity contribution in [2.75, 3.05) is 5.32 Å². The van der Waals surface area contributed by atoms with E-state index in [0.29, 0.717) is 12.3 Å². The van der Waals surface area contributed by atoms with E-state index in [4.69, 9.17) is 0 Å². The Labute approximate surface area is 129 Å². The van der Waals surface area contributed by atoms with Crippen LogP contribution in [0.5, 0.6) is 0 Å². The lowest BCUT2D eigenvalue weighted by Gasteiger charge is -2.21. The largest absolute Gasteiger partial charge is 0.326 e. The Kier molecular flexibility index (Phi) is 4.46. The van der Waals surface area contributed by atoms with Gasteiger partial charge in [0, 0.05) is 12.1 Å². The first kappa shape index (κ1) is 14.7. The zero-order valence-corrected chi connectivity index (χ0v) is 12.8. The molecule has 0 radical (unpaired) electrons. The van der Waals surface area contributed by atoms with E-state index in [0.717, 1.165) is 16.9 Å². The van der Waals surface area contributed by atoms with Gasteiger partial charge in [0.25, 0.3) is 0 Å². The average molecular weight is 299 g/mol. The van der Waals surface area contributed by atoms with Crippen molar-refractivity contribution in [3.8, 4) is 5.69 Å². The van der Waals surface area contributed by atoms with E-state index in [-0.39, 0.29) is 5.91 Å². The average Bonchev–Trinajstić information content (AvgIpc) is 3.04. The lowest BCUT2D eigenvalue weighted by Crippen LogP contribution is -2.19. The van der Waals surface area contributed by atoms with Gasteiger partial charge in [-0.25, -0.2) is 4.68 Å². The van der Waals surface area contributed by atoms with E-state index in [1.165, 1.54) is 32.1 Å². The summed E-state index contributed by atoms with van der Waals surface area (Å²) in [6, 6.07) is 5.75. The number of benzene rings is 1. The van der Waals surface area contributed by atoms with E-state index in [2.05, 4.69) is 20.8 Å². The van der Waals surface area contributed by atoms with Crippen LogP contribution in [0.25, 0.3) is 5.69 Å². The Morgan fingerprint density at radius 2 is 2.14 bits per heavy atom. The smallest absolute Gasteiger partial charge is 0.224 e. The Bertz CT molecular complexity index is 632. The molecule has 116 valence electrons. The standard InChI is InChI=1S/C16H21N5O/c1-12-14(8-5-9-15(12)21-11-17-19-20-21)18-16(22)10-13-6-3-2-4-7-13/h5,8-9,11,13H,2-4,6-7,10H2,1H3,(H,18,22). The van der Waals surface area contributed by atoms with Crippen molar-refractivity contribution in [2.24, 2.45) is 5.92 Å². The zero-order chi connectivity index (χ0) is 15.4. The Balaban J connectivity index is 1.69. The van der Waals surface area contributed by atoms with Crippen molar-refractivity contribution in [1.29, 1.82) is 0 Å². The number of carbonyl (C=O) groups excluding carboxylic acids is 1. The van der Waals surface area contributed by atoms with Gasteiger partial charge in [-0.1, -0.05) is 25.3 Å². The molecule has 1 aliphatic carbocycles. The summed E-state index contributed by atoms with van der Waals surface area (Å²) in [4.78, 5) is 12.3. The Hall–Kier alpha value is -2.24. The van der Waals surface area contributed by atoms with Gasteiger partial charge in [0.15, 0.2) is 0 Å². The Morgan fingerprint density at radius 3 is 2.86 bits per heavy atom. The third-order valence-corrected chi connectivity index (χ3v) is 4.37. The summed E-state index contributed by atoms with van der Waals surface area (Å²) in [5.74, 6) is 0.639. The fourth-order valence-corrected chi connectivity index (χ4v) is 3.13. The predicted molar refractivity (Wildman–Crippen MR) is 83.7 cm³/mol. The summed E-state index contributed by atoms with van der Waals surface area (Å²) in [5.41, 5.74) is 2.67. The van der Waals surface area contributed by atoms with Gasteiger partial charge in [0.2, 0.25) is 5.91 Å². The Morgan fingerprint density at radius 1 is 1.32 bits per heavy atom. The number of carbonyl (C=O) groups is 1. The summed E-state index contributed by atoms with van der Waals surface area (Å²) < 4.78 is 1.60. The van der Waals surface area contributed by atoms with Gasteiger partial charge in [-0.15, -0.1) is 5.10 Å². The van der Waals surface area contributed by atoms with Crippen LogP contribution in [0.1, 0.15) is 44.1 Å². The van der Waals surface area contributed by atoms with Crippen LogP contribution in [0, 0.1) is 12.8 Å². The second-order valence-corrected chi connectivity index (χ2v) is 5.96. The second-order valence-electron chi connectivity index (χ2n) is 5.96. The molecule has 3 rings (SSSR count). The van der Waals surface area contributed by atoms with E-state index in [9.17, 15) is 4.79 Å². The number of hydrogen-bond donors (Lipinski definition) is 1. The highest BCUT2D eigenvalue weighted by Crippen LogP contribution is 2.27. The van der Waals surface area contributed by atoms with E-state index >= 15 is 0 Å². The fourth-order valence-electron chi connectivity index (χ4n) is 3.13. The van der Waals surface area contributed by atoms with E-state index < -0.39 is 0 Å². The third-order valence-electron chi connectivity index (χ3n) is 4.37. The molecule has 0 atom stereocenters. The first-order valence-corrected chi connectivity index (χ1v) is 7.87. The van der Waals surface area contributed by atoms with Crippen LogP contribution in [-0.2, 0) is 4.79 Å². The first-order chi connectivity index (χ1) is 10.7. The van der Waals surface area contributed by atoms with E-state index in [1.54, 1.807) is 11.0 Å². The lowest BCUT2D eigenvalue weighted by atomic mass is 9.87. The molecule has 1 saturated carbocycles. The van der Waals surface area contributed by atoms with Crippen LogP contribution in [0.2, 0.25) is 0 Å². The molecule has 2 aromatic rings. The highest BCUT2D eigenvalue weighted by molar-refractivity contribution is 5.92. The maximum absolute atomic E-state index is 12.3. The highest BCUT2D eigenvalue weighted by Gasteiger charge is 2.18. The number of rotatable bonds is 4. The molecular weight excluding hydrogens is 278 g/mol. The van der Waals surface area contributed by atoms with Crippen molar-refractivity contribution in [2.45, 2.75) is 45.4 Å². The number of amides is 1. The van der Waals surface area contributed by atoms with Gasteiger partial charge in [-0.05, 0) is 53.8 Å². The summed E-state index contributed by atoms with van der Waals surface area (Å²) in [6.45, 7) is 1.97. The summed E-state index contributed by atoms with van der Waals surface area (Å²) in [7, 11) is 0. The van der Waals surface area contributed by atoms with Gasteiger partial charge < -0.3 is 5.32 Å². The topological polar surface area (TPSA) is 72.7 Å². The maximum Gasteiger partial charge on any atom is 0.224 e. The molecule has 0 aliphatic heterocycles. The lowest BCUT2D eigenvalue weighted by molar-refractivity contribution is -0.117. The first-order valence-electron chi connectivity index (χ1n) is 7.87. The third kappa shape index (κ3) is 3.32. The van der Waals surface area contributed by atoms with Crippen molar-refractivity contribution >= 4 is 11.6 Å². The van der Waals surface area contributed by atoms with Gasteiger partial charge in [0.1, 0.15) is 6.33 Å². The SMILES string of the molecule is Cc1c(NC(=O)CC2CCCCC2)cccc1-n1cnnn1. The predicted octanol–water partition coefficient (Wildman–Crippen LogP) is 2.88. The van der Waals surface area contributed by atoms with Crippen LogP contribution in [0.3, 0.4) is 0 Å². The molecule has 1 aromatic carbocycles. The van der Waals surface area contributed by atoms with Gasteiger partial charge in [-0.2, -0.15) is 0 Å². The molecule has 1 N–H and O–H groups in total. The molecule has 1 heterocycles. The molecule has 0 saturated heterocycles. The van der Waals surface area contributed by atoms with Crippen LogP contribution < -0.4 is 5.32 Å². The minimum absolute atomic E-state index is 0.101. The van der Waals surface area contributed by atoms with Crippen LogP contribution in [0.4, 0.5) is 5.69 Å². The summed E-state index contributed by atoms with van der Waals surface area (Å²) in [6.07, 6.45) is 8.35. The summed E-state index contributed by atoms with van der Waals surface area (Å²) in [5, 5.41) is 14.2. The summed E-state index contributed by atoms with van der Waals surface area (Å²) >= 11 is 0. The number of anilines is 1. The normalized spacial score (nSPS) is 15.7. The van der Waals surface area contributed by atoms with Gasteiger partial charge in [0.05, 0.1) is 5.69 Å². The zero-order valence-electron chi connectivity index (χ0n) is 12.8. The van der Waals surface area contributed by atoms with Crippen molar-refractivity contribution in [3.05, 3.63) is 30.1 Å². The number of nitrogens with zero attached hydrogens (tertiary/aromatic N) is 4. The highest BCUT2D eigenvalue weighted by atomic mass is 16.1. The van der Waals surface area contributed by atoms with Crippen molar-refractivity contribution in [3.63, 3.8) is 0 Å². The number of aromatic nitrogens is 4. The van der Waals surface area contributed by atoms with Gasteiger partial charge >= 0.3 is 0 Å². The molecule has 22 heavy (non-hydrogen) atoms. The molecule has 0 unspecified atom stereocenters. The number of hydrogen-bond acceptors (Lipinski definition) is 4. The van der Waals surface area contributed by atoms with Crippen LogP contribution in [-0.4, -0.2) is 26.1 Å². The number of nitrogens with one attached hydrogen (secondary N) is 1. The molecular formula is C16H21N5O. The molecule has 1 aromatic heterocycles. The quantitative estimate of drug-likeness (QED) is 0.942. The minimum Gasteiger partial charge on any atom is -0.326 e. The van der Waals surface area contributed by atoms with Crippen LogP contribution >= 0.6 is 0 Å². The molecule has 0 spiro atoms. The molecule has 6 heteroatoms. The molecule has 1 aliphatic rings. The maximum atomic E-state index is 12.3. The minimum atomic E-state index is 0.101. The van der Waals surface area contributed by atoms with Gasteiger partial charge in [-0.3, -0.25) is 4.79 Å². The molecule has 1 amide bonds. The second kappa shape index (κ2) is 6.68. The number of tetrazole rings is 1. The monoisotopic (exact) mass is 299 g/mol. The molecule has 1 fully saturated rings. The fraction of sp³-hybridized carbons (Fsp3) is 0.500. The van der Waals surface area contributed by atoms with Crippen molar-refractivity contribution in [1.82, 2.24) is 20.2 Å². The van der Waals surface area contributed by atoms with Crippen molar-refractivity contribution < 1.29 is 4.79 Å².